The number of nitrogens with one attached hydrogen (secondary N) is 1. The summed E-state index contributed by atoms with van der Waals surface area (Å²) in [5.41, 5.74) is 9.52. The molecule has 1 heterocycles. The molecule has 3 aromatic rings. The van der Waals surface area contributed by atoms with Gasteiger partial charge in [0.1, 0.15) is 11.7 Å². The minimum Gasteiger partial charge on any atom is -0.383 e. The fraction of sp³-hybridized carbons (Fsp3) is 0.176. The highest BCUT2D eigenvalue weighted by Gasteiger charge is 2.09. The first-order valence-corrected chi connectivity index (χ1v) is 7.98. The van der Waals surface area contributed by atoms with Crippen LogP contribution in [0.3, 0.4) is 0 Å². The lowest BCUT2D eigenvalue weighted by Crippen LogP contribution is -2.15. The summed E-state index contributed by atoms with van der Waals surface area (Å²) >= 11 is 12.0. The topological polar surface area (TPSA) is 67.1 Å². The Kier molecular flexibility index (Phi) is 4.28. The third-order valence-corrected chi connectivity index (χ3v) is 4.11. The van der Waals surface area contributed by atoms with Gasteiger partial charge in [-0.1, -0.05) is 23.2 Å². The quantitative estimate of drug-likeness (QED) is 0.535. The van der Waals surface area contributed by atoms with Crippen molar-refractivity contribution in [2.75, 3.05) is 0 Å². The number of benzene rings is 2. The van der Waals surface area contributed by atoms with Gasteiger partial charge < -0.3 is 10.7 Å². The van der Waals surface area contributed by atoms with Crippen molar-refractivity contribution >= 4 is 40.1 Å². The summed E-state index contributed by atoms with van der Waals surface area (Å²) in [4.78, 5) is 12.2. The molecule has 0 saturated carbocycles. The molecule has 2 aromatic carbocycles. The van der Waals surface area contributed by atoms with E-state index in [0.29, 0.717) is 15.9 Å². The van der Waals surface area contributed by atoms with Gasteiger partial charge in [0.15, 0.2) is 0 Å². The normalized spacial score (nSPS) is 12.3. The summed E-state index contributed by atoms with van der Waals surface area (Å²) in [6.07, 6.45) is 0. The number of halogens is 2. The SMILES string of the molecule is CC(C)N=C(N)c1ccc2nc(-c3ccc(Cl)c(Cl)c3)[nH]c2c1. The summed E-state index contributed by atoms with van der Waals surface area (Å²) in [7, 11) is 0. The summed E-state index contributed by atoms with van der Waals surface area (Å²) in [6.45, 7) is 3.98. The monoisotopic (exact) mass is 346 g/mol. The van der Waals surface area contributed by atoms with Crippen LogP contribution >= 0.6 is 23.2 Å². The van der Waals surface area contributed by atoms with Crippen molar-refractivity contribution in [3.8, 4) is 11.4 Å². The van der Waals surface area contributed by atoms with Crippen LogP contribution in [-0.2, 0) is 0 Å². The smallest absolute Gasteiger partial charge is 0.138 e. The van der Waals surface area contributed by atoms with Gasteiger partial charge in [-0.2, -0.15) is 0 Å². The van der Waals surface area contributed by atoms with E-state index in [9.17, 15) is 0 Å². The summed E-state index contributed by atoms with van der Waals surface area (Å²) in [5, 5.41) is 1.02. The average Bonchev–Trinajstić information content (AvgIpc) is 2.92. The molecule has 0 aliphatic rings. The van der Waals surface area contributed by atoms with Crippen molar-refractivity contribution in [2.45, 2.75) is 19.9 Å². The van der Waals surface area contributed by atoms with E-state index in [4.69, 9.17) is 28.9 Å². The molecular formula is C17H16Cl2N4. The van der Waals surface area contributed by atoms with Crippen molar-refractivity contribution in [2.24, 2.45) is 10.7 Å². The van der Waals surface area contributed by atoms with Crippen molar-refractivity contribution in [3.05, 3.63) is 52.0 Å². The van der Waals surface area contributed by atoms with Crippen LogP contribution in [0.5, 0.6) is 0 Å². The Balaban J connectivity index is 2.03. The number of aromatic amines is 1. The first-order chi connectivity index (χ1) is 10.9. The molecule has 0 spiro atoms. The second-order valence-corrected chi connectivity index (χ2v) is 6.37. The number of hydrogen-bond donors (Lipinski definition) is 2. The number of H-pyrrole nitrogens is 1. The van der Waals surface area contributed by atoms with E-state index in [2.05, 4.69) is 15.0 Å². The molecule has 0 aliphatic carbocycles. The highest BCUT2D eigenvalue weighted by molar-refractivity contribution is 6.42. The van der Waals surface area contributed by atoms with Gasteiger partial charge in [-0.3, -0.25) is 4.99 Å². The first kappa shape index (κ1) is 15.8. The van der Waals surface area contributed by atoms with Crippen LogP contribution < -0.4 is 5.73 Å². The number of fused-ring (bicyclic) bond motifs is 1. The van der Waals surface area contributed by atoms with Crippen LogP contribution in [0, 0.1) is 0 Å². The van der Waals surface area contributed by atoms with Crippen molar-refractivity contribution in [1.29, 1.82) is 0 Å². The van der Waals surface area contributed by atoms with Crippen LogP contribution in [0.2, 0.25) is 10.0 Å². The van der Waals surface area contributed by atoms with Gasteiger partial charge in [-0.05, 0) is 50.2 Å². The van der Waals surface area contributed by atoms with Crippen molar-refractivity contribution < 1.29 is 0 Å². The van der Waals surface area contributed by atoms with Gasteiger partial charge in [-0.25, -0.2) is 4.98 Å². The van der Waals surface area contributed by atoms with Crippen molar-refractivity contribution in [3.63, 3.8) is 0 Å². The van der Waals surface area contributed by atoms with Gasteiger partial charge in [0, 0.05) is 17.2 Å². The molecule has 6 heteroatoms. The Morgan fingerprint density at radius 3 is 2.61 bits per heavy atom. The maximum atomic E-state index is 6.07. The van der Waals surface area contributed by atoms with E-state index in [1.807, 2.05) is 38.1 Å². The fourth-order valence-corrected chi connectivity index (χ4v) is 2.60. The van der Waals surface area contributed by atoms with E-state index in [-0.39, 0.29) is 6.04 Å². The first-order valence-electron chi connectivity index (χ1n) is 7.23. The average molecular weight is 347 g/mol. The van der Waals surface area contributed by atoms with Gasteiger partial charge >= 0.3 is 0 Å². The third-order valence-electron chi connectivity index (χ3n) is 3.37. The summed E-state index contributed by atoms with van der Waals surface area (Å²) in [6, 6.07) is 11.4. The third kappa shape index (κ3) is 3.33. The molecule has 0 saturated heterocycles. The Morgan fingerprint density at radius 2 is 1.91 bits per heavy atom. The van der Waals surface area contributed by atoms with Crippen LogP contribution in [0.15, 0.2) is 41.4 Å². The van der Waals surface area contributed by atoms with Gasteiger partial charge in [-0.15, -0.1) is 0 Å². The van der Waals surface area contributed by atoms with E-state index in [1.54, 1.807) is 12.1 Å². The zero-order valence-electron chi connectivity index (χ0n) is 12.8. The number of nitrogens with two attached hydrogens (primary N) is 1. The van der Waals surface area contributed by atoms with Crippen LogP contribution in [0.1, 0.15) is 19.4 Å². The lowest BCUT2D eigenvalue weighted by molar-refractivity contribution is 0.834. The molecule has 0 atom stereocenters. The molecule has 0 radical (unpaired) electrons. The largest absolute Gasteiger partial charge is 0.383 e. The van der Waals surface area contributed by atoms with E-state index in [0.717, 1.165) is 28.0 Å². The maximum absolute atomic E-state index is 6.07. The second kappa shape index (κ2) is 6.22. The lowest BCUT2D eigenvalue weighted by Gasteiger charge is -2.03. The molecular weight excluding hydrogens is 331 g/mol. The molecule has 3 rings (SSSR count). The zero-order chi connectivity index (χ0) is 16.6. The molecule has 0 fully saturated rings. The molecule has 0 unspecified atom stereocenters. The molecule has 0 aliphatic heterocycles. The fourth-order valence-electron chi connectivity index (χ4n) is 2.30. The molecule has 4 nitrogen and oxygen atoms in total. The minimum absolute atomic E-state index is 0.152. The lowest BCUT2D eigenvalue weighted by atomic mass is 10.2. The summed E-state index contributed by atoms with van der Waals surface area (Å²) < 4.78 is 0. The number of aliphatic imine (C=N–C) groups is 1. The zero-order valence-corrected chi connectivity index (χ0v) is 14.3. The van der Waals surface area contributed by atoms with Crippen LogP contribution in [0.4, 0.5) is 0 Å². The predicted molar refractivity (Wildman–Crippen MR) is 97.4 cm³/mol. The predicted octanol–water partition coefficient (Wildman–Crippen LogP) is 4.65. The van der Waals surface area contributed by atoms with Crippen LogP contribution in [-0.4, -0.2) is 21.8 Å². The van der Waals surface area contributed by atoms with Crippen molar-refractivity contribution in [1.82, 2.24) is 9.97 Å². The number of hydrogen-bond acceptors (Lipinski definition) is 2. The standard InChI is InChI=1S/C17H16Cl2N4/c1-9(2)21-16(20)10-4-6-14-15(8-10)23-17(22-14)11-3-5-12(18)13(19)7-11/h3-9H,1-2H3,(H2,20,21)(H,22,23). The van der Waals surface area contributed by atoms with E-state index in [1.165, 1.54) is 0 Å². The van der Waals surface area contributed by atoms with Gasteiger partial charge in [0.2, 0.25) is 0 Å². The Morgan fingerprint density at radius 1 is 1.13 bits per heavy atom. The van der Waals surface area contributed by atoms with Crippen LogP contribution in [0.25, 0.3) is 22.4 Å². The maximum Gasteiger partial charge on any atom is 0.138 e. The van der Waals surface area contributed by atoms with Gasteiger partial charge in [0.25, 0.3) is 0 Å². The number of nitrogens with zero attached hydrogens (tertiary/aromatic N) is 2. The van der Waals surface area contributed by atoms with E-state index < -0.39 is 0 Å². The number of imidazole rings is 1. The van der Waals surface area contributed by atoms with Gasteiger partial charge in [0.05, 0.1) is 21.1 Å². The molecule has 0 amide bonds. The molecule has 23 heavy (non-hydrogen) atoms. The molecule has 118 valence electrons. The number of rotatable bonds is 3. The highest BCUT2D eigenvalue weighted by atomic mass is 35.5. The van der Waals surface area contributed by atoms with E-state index >= 15 is 0 Å². The number of aromatic nitrogens is 2. The summed E-state index contributed by atoms with van der Waals surface area (Å²) in [5.74, 6) is 1.25. The second-order valence-electron chi connectivity index (χ2n) is 5.55. The molecule has 3 N–H and O–H groups in total. The minimum atomic E-state index is 0.152. The Hall–Kier alpha value is -2.04. The Bertz CT molecular complexity index is 897. The number of amidine groups is 1. The molecule has 0 bridgehead atoms. The molecule has 1 aromatic heterocycles. The Labute approximate surface area is 144 Å². The highest BCUT2D eigenvalue weighted by Crippen LogP contribution is 2.28.